The number of aromatic hydroxyl groups is 1. The number of aliphatic hydroxyl groups is 1. The lowest BCUT2D eigenvalue weighted by Crippen LogP contribution is -2.41. The van der Waals surface area contributed by atoms with Crippen molar-refractivity contribution in [2.45, 2.75) is 39.8 Å². The zero-order valence-electron chi connectivity index (χ0n) is 12.6. The number of carbonyl (C=O) groups excluding carboxylic acids is 1. The van der Waals surface area contributed by atoms with Gasteiger partial charge >= 0.3 is 6.03 Å². The van der Waals surface area contributed by atoms with Crippen molar-refractivity contribution in [1.82, 2.24) is 10.6 Å². The molecule has 1 unspecified atom stereocenters. The van der Waals surface area contributed by atoms with E-state index < -0.39 is 17.7 Å². The van der Waals surface area contributed by atoms with Gasteiger partial charge in [0, 0.05) is 13.1 Å². The SMILES string of the molecule is CC(O)CC(C)(C)CNC(=O)NCc1ccc(O)c(F)c1. The molecule has 1 aromatic carbocycles. The molecule has 118 valence electrons. The van der Waals surface area contributed by atoms with Crippen LogP contribution in [0.25, 0.3) is 0 Å². The maximum atomic E-state index is 13.1. The first-order chi connectivity index (χ1) is 9.69. The summed E-state index contributed by atoms with van der Waals surface area (Å²) in [6, 6.07) is 3.60. The highest BCUT2D eigenvalue weighted by atomic mass is 19.1. The van der Waals surface area contributed by atoms with Crippen LogP contribution >= 0.6 is 0 Å². The maximum Gasteiger partial charge on any atom is 0.315 e. The maximum absolute atomic E-state index is 13.1. The lowest BCUT2D eigenvalue weighted by molar-refractivity contribution is 0.129. The number of carbonyl (C=O) groups is 1. The van der Waals surface area contributed by atoms with E-state index in [1.54, 1.807) is 6.92 Å². The molecule has 0 aliphatic rings. The molecule has 0 aliphatic heterocycles. The van der Waals surface area contributed by atoms with E-state index >= 15 is 0 Å². The molecule has 1 aromatic rings. The molecule has 0 fully saturated rings. The highest BCUT2D eigenvalue weighted by Crippen LogP contribution is 2.21. The standard InChI is InChI=1S/C15H23FN2O3/c1-10(19)7-15(2,3)9-18-14(21)17-8-11-4-5-13(20)12(16)6-11/h4-6,10,19-20H,7-9H2,1-3H3,(H2,17,18,21). The summed E-state index contributed by atoms with van der Waals surface area (Å²) in [4.78, 5) is 11.7. The minimum atomic E-state index is -0.715. The fraction of sp³-hybridized carbons (Fsp3) is 0.533. The number of hydrogen-bond donors (Lipinski definition) is 4. The van der Waals surface area contributed by atoms with Crippen molar-refractivity contribution in [2.24, 2.45) is 5.41 Å². The third-order valence-corrected chi connectivity index (χ3v) is 3.04. The number of phenolic OH excluding ortho intramolecular Hbond substituents is 1. The zero-order valence-corrected chi connectivity index (χ0v) is 12.6. The van der Waals surface area contributed by atoms with Crippen LogP contribution in [0.2, 0.25) is 0 Å². The number of halogens is 1. The average Bonchev–Trinajstić information content (AvgIpc) is 2.36. The Bertz CT molecular complexity index is 490. The molecule has 0 spiro atoms. The second-order valence-electron chi connectivity index (χ2n) is 6.04. The molecule has 5 nitrogen and oxygen atoms in total. The van der Waals surface area contributed by atoms with Gasteiger partial charge in [0.25, 0.3) is 0 Å². The fourth-order valence-electron chi connectivity index (χ4n) is 2.10. The number of benzene rings is 1. The van der Waals surface area contributed by atoms with Gasteiger partial charge in [0.05, 0.1) is 6.10 Å². The number of hydrogen-bond acceptors (Lipinski definition) is 3. The molecule has 0 aliphatic carbocycles. The van der Waals surface area contributed by atoms with Gasteiger partial charge in [-0.1, -0.05) is 19.9 Å². The van der Waals surface area contributed by atoms with Crippen LogP contribution in [0.15, 0.2) is 18.2 Å². The Morgan fingerprint density at radius 2 is 2.05 bits per heavy atom. The van der Waals surface area contributed by atoms with Crippen LogP contribution in [-0.4, -0.2) is 28.9 Å². The van der Waals surface area contributed by atoms with Crippen LogP contribution in [0.1, 0.15) is 32.8 Å². The van der Waals surface area contributed by atoms with Gasteiger partial charge < -0.3 is 20.8 Å². The van der Waals surface area contributed by atoms with E-state index in [1.165, 1.54) is 18.2 Å². The largest absolute Gasteiger partial charge is 0.505 e. The lowest BCUT2D eigenvalue weighted by atomic mass is 9.87. The first kappa shape index (κ1) is 17.2. The van der Waals surface area contributed by atoms with Crippen molar-refractivity contribution in [3.63, 3.8) is 0 Å². The average molecular weight is 298 g/mol. The second-order valence-corrected chi connectivity index (χ2v) is 6.04. The summed E-state index contributed by atoms with van der Waals surface area (Å²) in [5.74, 6) is -1.13. The van der Waals surface area contributed by atoms with Crippen molar-refractivity contribution < 1.29 is 19.4 Å². The van der Waals surface area contributed by atoms with Gasteiger partial charge in [-0.15, -0.1) is 0 Å². The zero-order chi connectivity index (χ0) is 16.0. The minimum absolute atomic E-state index is 0.167. The van der Waals surface area contributed by atoms with Crippen LogP contribution < -0.4 is 10.6 Å². The summed E-state index contributed by atoms with van der Waals surface area (Å²) < 4.78 is 13.1. The van der Waals surface area contributed by atoms with Crippen molar-refractivity contribution in [3.8, 4) is 5.75 Å². The minimum Gasteiger partial charge on any atom is -0.505 e. The Morgan fingerprint density at radius 1 is 1.38 bits per heavy atom. The number of amides is 2. The van der Waals surface area contributed by atoms with E-state index in [4.69, 9.17) is 5.11 Å². The van der Waals surface area contributed by atoms with Gasteiger partial charge in [-0.2, -0.15) is 0 Å². The van der Waals surface area contributed by atoms with Gasteiger partial charge in [0.1, 0.15) is 0 Å². The van der Waals surface area contributed by atoms with Gasteiger partial charge in [0.2, 0.25) is 0 Å². The van der Waals surface area contributed by atoms with Crippen molar-refractivity contribution in [2.75, 3.05) is 6.54 Å². The summed E-state index contributed by atoms with van der Waals surface area (Å²) in [6.45, 7) is 6.21. The molecule has 0 saturated heterocycles. The van der Waals surface area contributed by atoms with E-state index in [9.17, 15) is 14.3 Å². The molecule has 1 atom stereocenters. The van der Waals surface area contributed by atoms with E-state index in [1.807, 2.05) is 13.8 Å². The van der Waals surface area contributed by atoms with E-state index in [0.717, 1.165) is 0 Å². The smallest absolute Gasteiger partial charge is 0.315 e. The summed E-state index contributed by atoms with van der Waals surface area (Å²) in [5, 5.41) is 23.8. The van der Waals surface area contributed by atoms with Crippen LogP contribution in [0.5, 0.6) is 5.75 Å². The fourth-order valence-corrected chi connectivity index (χ4v) is 2.10. The molecule has 2 amide bonds. The Hall–Kier alpha value is -1.82. The Kier molecular flexibility index (Phi) is 5.96. The number of rotatable bonds is 6. The number of aliphatic hydroxyl groups excluding tert-OH is 1. The summed E-state index contributed by atoms with van der Waals surface area (Å²) in [7, 11) is 0. The molecule has 0 saturated carbocycles. The van der Waals surface area contributed by atoms with Crippen molar-refractivity contribution in [3.05, 3.63) is 29.6 Å². The Balaban J connectivity index is 2.39. The van der Waals surface area contributed by atoms with Crippen LogP contribution in [0.4, 0.5) is 9.18 Å². The highest BCUT2D eigenvalue weighted by Gasteiger charge is 2.20. The molecule has 0 aromatic heterocycles. The second kappa shape index (κ2) is 7.26. The quantitative estimate of drug-likeness (QED) is 0.649. The molecular formula is C15H23FN2O3. The summed E-state index contributed by atoms with van der Waals surface area (Å²) in [6.07, 6.45) is 0.154. The van der Waals surface area contributed by atoms with Crippen LogP contribution in [0, 0.1) is 11.2 Å². The van der Waals surface area contributed by atoms with E-state index in [-0.39, 0.29) is 18.0 Å². The first-order valence-corrected chi connectivity index (χ1v) is 6.87. The van der Waals surface area contributed by atoms with Crippen molar-refractivity contribution >= 4 is 6.03 Å². The summed E-state index contributed by atoms with van der Waals surface area (Å²) in [5.41, 5.74) is 0.347. The number of urea groups is 1. The molecule has 0 radical (unpaired) electrons. The number of nitrogens with one attached hydrogen (secondary N) is 2. The number of phenols is 1. The van der Waals surface area contributed by atoms with Gasteiger partial charge in [-0.25, -0.2) is 9.18 Å². The van der Waals surface area contributed by atoms with Gasteiger partial charge in [-0.3, -0.25) is 0 Å². The van der Waals surface area contributed by atoms with Gasteiger partial charge in [0.15, 0.2) is 11.6 Å². The topological polar surface area (TPSA) is 81.6 Å². The lowest BCUT2D eigenvalue weighted by Gasteiger charge is -2.26. The molecule has 21 heavy (non-hydrogen) atoms. The predicted octanol–water partition coefficient (Wildman–Crippen LogP) is 2.13. The third-order valence-electron chi connectivity index (χ3n) is 3.04. The Labute approximate surface area is 124 Å². The van der Waals surface area contributed by atoms with E-state index in [2.05, 4.69) is 10.6 Å². The normalized spacial score (nSPS) is 12.8. The first-order valence-electron chi connectivity index (χ1n) is 6.87. The molecule has 6 heteroatoms. The van der Waals surface area contributed by atoms with Gasteiger partial charge in [-0.05, 0) is 36.5 Å². The Morgan fingerprint density at radius 3 is 2.62 bits per heavy atom. The molecule has 0 bridgehead atoms. The molecule has 0 heterocycles. The predicted molar refractivity (Wildman–Crippen MR) is 78.4 cm³/mol. The van der Waals surface area contributed by atoms with Crippen molar-refractivity contribution in [1.29, 1.82) is 0 Å². The molecular weight excluding hydrogens is 275 g/mol. The highest BCUT2D eigenvalue weighted by molar-refractivity contribution is 5.73. The molecule has 4 N–H and O–H groups in total. The monoisotopic (exact) mass is 298 g/mol. The van der Waals surface area contributed by atoms with Crippen LogP contribution in [0.3, 0.4) is 0 Å². The van der Waals surface area contributed by atoms with E-state index in [0.29, 0.717) is 18.5 Å². The van der Waals surface area contributed by atoms with Crippen LogP contribution in [-0.2, 0) is 6.54 Å². The molecule has 1 rings (SSSR count). The summed E-state index contributed by atoms with van der Waals surface area (Å²) >= 11 is 0. The third kappa shape index (κ3) is 6.44.